The van der Waals surface area contributed by atoms with E-state index >= 15 is 0 Å². The third-order valence-corrected chi connectivity index (χ3v) is 3.10. The van der Waals surface area contributed by atoms with Crippen LogP contribution in [-0.2, 0) is 4.74 Å². The van der Waals surface area contributed by atoms with Gasteiger partial charge < -0.3 is 15.0 Å². The maximum absolute atomic E-state index is 8.53. The third-order valence-electron chi connectivity index (χ3n) is 3.10. The first-order valence-corrected chi connectivity index (χ1v) is 6.04. The largest absolute Gasteiger partial charge is 0.381 e. The zero-order valence-electron chi connectivity index (χ0n) is 10.5. The number of rotatable bonds is 4. The lowest BCUT2D eigenvalue weighted by Gasteiger charge is -2.32. The topological polar surface area (TPSA) is 74.1 Å². The van der Waals surface area contributed by atoms with Crippen LogP contribution in [0.3, 0.4) is 0 Å². The van der Waals surface area contributed by atoms with Crippen LogP contribution < -0.4 is 10.2 Å². The van der Waals surface area contributed by atoms with Gasteiger partial charge in [-0.1, -0.05) is 0 Å². The lowest BCUT2D eigenvalue weighted by atomic mass is 10.1. The standard InChI is InChI=1S/C12H17N5O/c1-17(10-2-6-18-7-3-10)12-8-11(14-5-4-13)15-9-16-12/h8-10H,2-3,5-7H2,1H3,(H,14,15,16). The zero-order chi connectivity index (χ0) is 12.8. The Morgan fingerprint density at radius 1 is 1.50 bits per heavy atom. The van der Waals surface area contributed by atoms with Gasteiger partial charge in [0.15, 0.2) is 0 Å². The van der Waals surface area contributed by atoms with Crippen LogP contribution >= 0.6 is 0 Å². The summed E-state index contributed by atoms with van der Waals surface area (Å²) >= 11 is 0. The van der Waals surface area contributed by atoms with Gasteiger partial charge >= 0.3 is 0 Å². The summed E-state index contributed by atoms with van der Waals surface area (Å²) in [5.74, 6) is 1.55. The molecule has 0 aliphatic carbocycles. The molecule has 1 aromatic heterocycles. The van der Waals surface area contributed by atoms with E-state index in [0.717, 1.165) is 31.9 Å². The molecule has 6 heteroatoms. The van der Waals surface area contributed by atoms with Crippen molar-refractivity contribution in [2.24, 2.45) is 0 Å². The van der Waals surface area contributed by atoms with Crippen molar-refractivity contribution < 1.29 is 4.74 Å². The number of hydrogen-bond acceptors (Lipinski definition) is 6. The molecule has 0 radical (unpaired) electrons. The minimum Gasteiger partial charge on any atom is -0.381 e. The summed E-state index contributed by atoms with van der Waals surface area (Å²) in [5, 5.41) is 11.5. The van der Waals surface area contributed by atoms with E-state index in [0.29, 0.717) is 11.9 Å². The summed E-state index contributed by atoms with van der Waals surface area (Å²) < 4.78 is 5.35. The predicted molar refractivity (Wildman–Crippen MR) is 68.4 cm³/mol. The van der Waals surface area contributed by atoms with Gasteiger partial charge in [-0.3, -0.25) is 0 Å². The van der Waals surface area contributed by atoms with Gasteiger partial charge in [0.1, 0.15) is 24.5 Å². The van der Waals surface area contributed by atoms with Crippen LogP contribution in [0.1, 0.15) is 12.8 Å². The van der Waals surface area contributed by atoms with E-state index in [4.69, 9.17) is 10.00 Å². The van der Waals surface area contributed by atoms with Crippen molar-refractivity contribution in [1.29, 1.82) is 5.26 Å². The Kier molecular flexibility index (Phi) is 4.31. The van der Waals surface area contributed by atoms with Crippen LogP contribution in [0.25, 0.3) is 0 Å². The summed E-state index contributed by atoms with van der Waals surface area (Å²) in [6.45, 7) is 1.86. The molecule has 0 atom stereocenters. The van der Waals surface area contributed by atoms with Gasteiger partial charge in [0.05, 0.1) is 6.07 Å². The molecule has 0 amide bonds. The first-order chi connectivity index (χ1) is 8.81. The fourth-order valence-corrected chi connectivity index (χ4v) is 2.03. The van der Waals surface area contributed by atoms with Gasteiger partial charge in [-0.2, -0.15) is 5.26 Å². The van der Waals surface area contributed by atoms with E-state index in [1.54, 1.807) is 0 Å². The molecular weight excluding hydrogens is 230 g/mol. The number of hydrogen-bond donors (Lipinski definition) is 1. The van der Waals surface area contributed by atoms with Gasteiger partial charge in [0.25, 0.3) is 0 Å². The van der Waals surface area contributed by atoms with Crippen LogP contribution in [0, 0.1) is 11.3 Å². The molecule has 18 heavy (non-hydrogen) atoms. The summed E-state index contributed by atoms with van der Waals surface area (Å²) in [5.41, 5.74) is 0. The number of aromatic nitrogens is 2. The number of nitrogens with one attached hydrogen (secondary N) is 1. The first kappa shape index (κ1) is 12.6. The molecule has 0 aromatic carbocycles. The molecule has 96 valence electrons. The van der Waals surface area contributed by atoms with Crippen molar-refractivity contribution >= 4 is 11.6 Å². The van der Waals surface area contributed by atoms with Crippen molar-refractivity contribution in [3.63, 3.8) is 0 Å². The highest BCUT2D eigenvalue weighted by Crippen LogP contribution is 2.20. The Morgan fingerprint density at radius 2 is 2.28 bits per heavy atom. The van der Waals surface area contributed by atoms with Gasteiger partial charge in [-0.25, -0.2) is 9.97 Å². The van der Waals surface area contributed by atoms with Crippen LogP contribution in [0.4, 0.5) is 11.6 Å². The van der Waals surface area contributed by atoms with Gasteiger partial charge in [-0.15, -0.1) is 0 Å². The second-order valence-corrected chi connectivity index (χ2v) is 4.23. The first-order valence-electron chi connectivity index (χ1n) is 6.04. The fourth-order valence-electron chi connectivity index (χ4n) is 2.03. The normalized spacial score (nSPS) is 16.0. The Balaban J connectivity index is 2.04. The predicted octanol–water partition coefficient (Wildman–Crippen LogP) is 1.03. The highest BCUT2D eigenvalue weighted by Gasteiger charge is 2.19. The Morgan fingerprint density at radius 3 is 3.00 bits per heavy atom. The van der Waals surface area contributed by atoms with Gasteiger partial charge in [0, 0.05) is 32.4 Å². The van der Waals surface area contributed by atoms with E-state index in [9.17, 15) is 0 Å². The zero-order valence-corrected chi connectivity index (χ0v) is 10.5. The Hall–Kier alpha value is -1.87. The molecule has 2 heterocycles. The van der Waals surface area contributed by atoms with E-state index in [-0.39, 0.29) is 6.54 Å². The monoisotopic (exact) mass is 247 g/mol. The maximum Gasteiger partial charge on any atom is 0.134 e. The summed E-state index contributed by atoms with van der Waals surface area (Å²) in [6, 6.07) is 4.35. The number of nitrogens with zero attached hydrogens (tertiary/aromatic N) is 4. The molecule has 1 fully saturated rings. The van der Waals surface area contributed by atoms with Gasteiger partial charge in [0.2, 0.25) is 0 Å². The van der Waals surface area contributed by atoms with Gasteiger partial charge in [-0.05, 0) is 12.8 Å². The molecule has 0 bridgehead atoms. The lowest BCUT2D eigenvalue weighted by Crippen LogP contribution is -2.37. The van der Waals surface area contributed by atoms with Crippen LogP contribution in [0.5, 0.6) is 0 Å². The lowest BCUT2D eigenvalue weighted by molar-refractivity contribution is 0.0853. The molecule has 6 nitrogen and oxygen atoms in total. The van der Waals surface area contributed by atoms with E-state index < -0.39 is 0 Å². The highest BCUT2D eigenvalue weighted by molar-refractivity contribution is 5.48. The quantitative estimate of drug-likeness (QED) is 0.801. The maximum atomic E-state index is 8.53. The van der Waals surface area contributed by atoms with Crippen LogP contribution in [0.15, 0.2) is 12.4 Å². The molecule has 1 saturated heterocycles. The Labute approximate surface area is 107 Å². The van der Waals surface area contributed by atoms with Crippen molar-refractivity contribution in [1.82, 2.24) is 9.97 Å². The summed E-state index contributed by atoms with van der Waals surface area (Å²) in [7, 11) is 2.03. The smallest absolute Gasteiger partial charge is 0.134 e. The molecule has 0 spiro atoms. The molecule has 1 aliphatic rings. The number of anilines is 2. The highest BCUT2D eigenvalue weighted by atomic mass is 16.5. The third kappa shape index (κ3) is 3.08. The molecule has 1 aromatic rings. The van der Waals surface area contributed by atoms with E-state index in [1.807, 2.05) is 19.2 Å². The van der Waals surface area contributed by atoms with Crippen molar-refractivity contribution in [3.8, 4) is 6.07 Å². The summed E-state index contributed by atoms with van der Waals surface area (Å²) in [4.78, 5) is 10.5. The second-order valence-electron chi connectivity index (χ2n) is 4.23. The number of nitriles is 1. The Bertz CT molecular complexity index is 425. The molecule has 0 saturated carbocycles. The average Bonchev–Trinajstić information content (AvgIpc) is 2.45. The summed E-state index contributed by atoms with van der Waals surface area (Å²) in [6.07, 6.45) is 3.55. The van der Waals surface area contributed by atoms with Crippen molar-refractivity contribution in [3.05, 3.63) is 12.4 Å². The van der Waals surface area contributed by atoms with Crippen molar-refractivity contribution in [2.45, 2.75) is 18.9 Å². The molecular formula is C12H17N5O. The van der Waals surface area contributed by atoms with E-state index in [2.05, 4.69) is 20.2 Å². The minimum absolute atomic E-state index is 0.247. The SMILES string of the molecule is CN(c1cc(NCC#N)ncn1)C1CCOCC1. The van der Waals surface area contributed by atoms with Crippen LogP contribution in [-0.4, -0.2) is 42.8 Å². The molecule has 0 unspecified atom stereocenters. The fraction of sp³-hybridized carbons (Fsp3) is 0.583. The minimum atomic E-state index is 0.247. The van der Waals surface area contributed by atoms with Crippen LogP contribution in [0.2, 0.25) is 0 Å². The van der Waals surface area contributed by atoms with E-state index in [1.165, 1.54) is 6.33 Å². The molecule has 1 aliphatic heterocycles. The second kappa shape index (κ2) is 6.17. The average molecular weight is 247 g/mol. The molecule has 2 rings (SSSR count). The molecule has 1 N–H and O–H groups in total. The van der Waals surface area contributed by atoms with Crippen molar-refractivity contribution in [2.75, 3.05) is 37.0 Å². The number of ether oxygens (including phenoxy) is 1.